The monoisotopic (exact) mass is 461 g/mol. The third kappa shape index (κ3) is 4.59. The molecule has 1 aliphatic rings. The topological polar surface area (TPSA) is 59.2 Å². The summed E-state index contributed by atoms with van der Waals surface area (Å²) in [6.45, 7) is 2.56. The summed E-state index contributed by atoms with van der Waals surface area (Å²) in [5.74, 6) is 0.245. The maximum atomic E-state index is 13.6. The lowest BCUT2D eigenvalue weighted by molar-refractivity contribution is 0.0601. The van der Waals surface area contributed by atoms with Gasteiger partial charge < -0.3 is 9.32 Å². The van der Waals surface area contributed by atoms with Gasteiger partial charge in [-0.05, 0) is 43.9 Å². The highest BCUT2D eigenvalue weighted by Crippen LogP contribution is 2.33. The molecule has 3 heterocycles. The summed E-state index contributed by atoms with van der Waals surface area (Å²) >= 11 is 1.46. The average molecular weight is 462 g/mol. The van der Waals surface area contributed by atoms with Crippen molar-refractivity contribution in [3.63, 3.8) is 0 Å². The number of rotatable bonds is 5. The minimum atomic E-state index is -0.301. The second-order valence-corrected chi connectivity index (χ2v) is 9.47. The van der Waals surface area contributed by atoms with Crippen LogP contribution in [0.5, 0.6) is 0 Å². The fourth-order valence-corrected chi connectivity index (χ4v) is 5.25. The number of aromatic nitrogens is 2. The number of benzene rings is 2. The second-order valence-electron chi connectivity index (χ2n) is 8.26. The van der Waals surface area contributed by atoms with Gasteiger partial charge in [0, 0.05) is 24.6 Å². The zero-order valence-corrected chi connectivity index (χ0v) is 19.1. The zero-order chi connectivity index (χ0) is 22.8. The molecule has 1 atom stereocenters. The molecule has 5 nitrogen and oxygen atoms in total. The van der Waals surface area contributed by atoms with Gasteiger partial charge in [-0.2, -0.15) is 0 Å². The van der Waals surface area contributed by atoms with Gasteiger partial charge in [-0.25, -0.2) is 14.4 Å². The van der Waals surface area contributed by atoms with E-state index in [0.29, 0.717) is 24.6 Å². The van der Waals surface area contributed by atoms with Crippen molar-refractivity contribution in [3.05, 3.63) is 83.3 Å². The molecule has 4 aromatic rings. The Morgan fingerprint density at radius 1 is 1.09 bits per heavy atom. The van der Waals surface area contributed by atoms with Gasteiger partial charge >= 0.3 is 0 Å². The Bertz CT molecular complexity index is 1250. The molecule has 0 spiro atoms. The van der Waals surface area contributed by atoms with Gasteiger partial charge in [-0.3, -0.25) is 4.79 Å². The van der Waals surface area contributed by atoms with Gasteiger partial charge in [0.2, 0.25) is 0 Å². The molecular formula is C26H24FN3O2S. The predicted molar refractivity (Wildman–Crippen MR) is 127 cm³/mol. The summed E-state index contributed by atoms with van der Waals surface area (Å²) in [7, 11) is 0. The fourth-order valence-electron chi connectivity index (χ4n) is 4.33. The summed E-state index contributed by atoms with van der Waals surface area (Å²) in [6.07, 6.45) is 5.15. The molecule has 0 N–H and O–H groups in total. The molecule has 0 saturated carbocycles. The van der Waals surface area contributed by atoms with Crippen LogP contribution in [0.25, 0.3) is 21.7 Å². The first-order valence-electron chi connectivity index (χ1n) is 11.1. The highest BCUT2D eigenvalue weighted by atomic mass is 32.1. The van der Waals surface area contributed by atoms with Crippen LogP contribution in [0.2, 0.25) is 0 Å². The number of nitrogens with zero attached hydrogens (tertiary/aromatic N) is 3. The molecule has 1 amide bonds. The van der Waals surface area contributed by atoms with E-state index >= 15 is 0 Å². The van der Waals surface area contributed by atoms with Gasteiger partial charge in [0.15, 0.2) is 5.89 Å². The largest absolute Gasteiger partial charge is 0.448 e. The Labute approximate surface area is 195 Å². The number of carbonyl (C=O) groups excluding carboxylic acids is 1. The van der Waals surface area contributed by atoms with Crippen LogP contribution in [-0.4, -0.2) is 33.4 Å². The number of oxazole rings is 1. The van der Waals surface area contributed by atoms with Crippen molar-refractivity contribution in [3.8, 4) is 21.7 Å². The smallest absolute Gasteiger partial charge is 0.274 e. The lowest BCUT2D eigenvalue weighted by Crippen LogP contribution is -2.45. The van der Waals surface area contributed by atoms with Crippen LogP contribution < -0.4 is 0 Å². The highest BCUT2D eigenvalue weighted by molar-refractivity contribution is 7.15. The van der Waals surface area contributed by atoms with Crippen molar-refractivity contribution in [1.82, 2.24) is 14.9 Å². The van der Waals surface area contributed by atoms with E-state index in [4.69, 9.17) is 4.42 Å². The van der Waals surface area contributed by atoms with Gasteiger partial charge in [-0.15, -0.1) is 11.3 Å². The van der Waals surface area contributed by atoms with Crippen molar-refractivity contribution >= 4 is 17.2 Å². The lowest BCUT2D eigenvalue weighted by atomic mass is 9.98. The molecule has 1 fully saturated rings. The Balaban J connectivity index is 1.39. The van der Waals surface area contributed by atoms with Crippen molar-refractivity contribution < 1.29 is 13.6 Å². The lowest BCUT2D eigenvalue weighted by Gasteiger charge is -2.35. The number of hydrogen-bond donors (Lipinski definition) is 0. The van der Waals surface area contributed by atoms with Crippen molar-refractivity contribution in [2.24, 2.45) is 0 Å². The maximum Gasteiger partial charge on any atom is 0.274 e. The first-order valence-corrected chi connectivity index (χ1v) is 11.9. The molecular weight excluding hydrogens is 437 g/mol. The Morgan fingerprint density at radius 3 is 2.67 bits per heavy atom. The van der Waals surface area contributed by atoms with Crippen molar-refractivity contribution in [1.29, 1.82) is 0 Å². The van der Waals surface area contributed by atoms with Crippen LogP contribution in [0.1, 0.15) is 40.6 Å². The van der Waals surface area contributed by atoms with Crippen LogP contribution >= 0.6 is 11.3 Å². The van der Waals surface area contributed by atoms with Crippen LogP contribution in [-0.2, 0) is 6.42 Å². The molecule has 2 aromatic carbocycles. The third-order valence-corrected chi connectivity index (χ3v) is 6.98. The molecule has 0 bridgehead atoms. The summed E-state index contributed by atoms with van der Waals surface area (Å²) in [4.78, 5) is 25.6. The van der Waals surface area contributed by atoms with Crippen molar-refractivity contribution in [2.45, 2.75) is 38.6 Å². The van der Waals surface area contributed by atoms with E-state index in [2.05, 4.69) is 9.97 Å². The van der Waals surface area contributed by atoms with Gasteiger partial charge in [0.1, 0.15) is 23.5 Å². The number of thiazole rings is 1. The molecule has 33 heavy (non-hydrogen) atoms. The Kier molecular flexibility index (Phi) is 6.05. The Hall–Kier alpha value is -3.32. The first-order chi connectivity index (χ1) is 16.1. The van der Waals surface area contributed by atoms with Crippen LogP contribution in [0, 0.1) is 12.7 Å². The van der Waals surface area contributed by atoms with E-state index in [-0.39, 0.29) is 17.8 Å². The molecule has 0 aliphatic carbocycles. The summed E-state index contributed by atoms with van der Waals surface area (Å²) in [5, 5.41) is 0.812. The maximum absolute atomic E-state index is 13.6. The van der Waals surface area contributed by atoms with Crippen LogP contribution in [0.3, 0.4) is 0 Å². The molecule has 1 saturated heterocycles. The minimum absolute atomic E-state index is 0.00315. The van der Waals surface area contributed by atoms with Gasteiger partial charge in [0.25, 0.3) is 5.91 Å². The number of piperidine rings is 1. The fraction of sp³-hybridized carbons (Fsp3) is 0.269. The molecule has 168 valence electrons. The third-order valence-electron chi connectivity index (χ3n) is 5.96. The molecule has 1 aliphatic heterocycles. The normalized spacial score (nSPS) is 16.2. The molecule has 0 radical (unpaired) electrons. The predicted octanol–water partition coefficient (Wildman–Crippen LogP) is 6.15. The SMILES string of the molecule is Cc1nc(C(=O)N2CCCCC2Cc2nc(-c3ccccc3)co2)c(-c2ccc(F)cc2)s1. The van der Waals surface area contributed by atoms with E-state index in [1.165, 1.54) is 23.5 Å². The standard InChI is InChI=1S/C26H24FN3O2S/c1-17-28-24(25(33-17)19-10-12-20(27)13-11-19)26(31)30-14-6-5-9-21(30)15-23-29-22(16-32-23)18-7-3-2-4-8-18/h2-4,7-8,10-13,16,21H,5-6,9,14-15H2,1H3. The van der Waals surface area contributed by atoms with Crippen LogP contribution in [0.4, 0.5) is 4.39 Å². The van der Waals surface area contributed by atoms with Gasteiger partial charge in [0.05, 0.1) is 9.88 Å². The average Bonchev–Trinajstić information content (AvgIpc) is 3.47. The van der Waals surface area contributed by atoms with E-state index in [1.54, 1.807) is 18.4 Å². The van der Waals surface area contributed by atoms with E-state index in [0.717, 1.165) is 46.0 Å². The number of carbonyl (C=O) groups is 1. The molecule has 7 heteroatoms. The molecule has 2 aromatic heterocycles. The summed E-state index contributed by atoms with van der Waals surface area (Å²) in [5.41, 5.74) is 3.05. The Morgan fingerprint density at radius 2 is 1.88 bits per heavy atom. The van der Waals surface area contributed by atoms with Gasteiger partial charge in [-0.1, -0.05) is 42.5 Å². The first kappa shape index (κ1) is 21.5. The molecule has 5 rings (SSSR count). The van der Waals surface area contributed by atoms with E-state index in [9.17, 15) is 9.18 Å². The number of amides is 1. The second kappa shape index (κ2) is 9.27. The van der Waals surface area contributed by atoms with Crippen LogP contribution in [0.15, 0.2) is 65.3 Å². The van der Waals surface area contributed by atoms with E-state index < -0.39 is 0 Å². The minimum Gasteiger partial charge on any atom is -0.448 e. The number of hydrogen-bond acceptors (Lipinski definition) is 5. The van der Waals surface area contributed by atoms with Crippen molar-refractivity contribution in [2.75, 3.05) is 6.54 Å². The zero-order valence-electron chi connectivity index (χ0n) is 18.3. The summed E-state index contributed by atoms with van der Waals surface area (Å²) in [6, 6.07) is 16.1. The van der Waals surface area contributed by atoms with E-state index in [1.807, 2.05) is 42.2 Å². The molecule has 1 unspecified atom stereocenters. The number of likely N-dealkylation sites (tertiary alicyclic amines) is 1. The number of aryl methyl sites for hydroxylation is 1. The summed E-state index contributed by atoms with van der Waals surface area (Å²) < 4.78 is 19.2. The highest BCUT2D eigenvalue weighted by Gasteiger charge is 2.32. The number of halogens is 1. The quantitative estimate of drug-likeness (QED) is 0.358.